The normalized spacial score (nSPS) is 22.5. The van der Waals surface area contributed by atoms with Crippen LogP contribution in [-0.4, -0.2) is 40.8 Å². The van der Waals surface area contributed by atoms with Crippen molar-refractivity contribution in [3.8, 4) is 0 Å². The molecule has 1 amide bonds. The number of amides is 1. The monoisotopic (exact) mass is 233 g/mol. The number of nitrogens with one attached hydrogen (secondary N) is 2. The van der Waals surface area contributed by atoms with Crippen molar-refractivity contribution in [2.45, 2.75) is 24.4 Å². The maximum atomic E-state index is 10.8. The molecule has 1 fully saturated rings. The van der Waals surface area contributed by atoms with Gasteiger partial charge in [0, 0.05) is 0 Å². The molecule has 7 heteroatoms. The molecule has 1 saturated heterocycles. The second-order valence-electron chi connectivity index (χ2n) is 3.30. The SMILES string of the molecule is N[C@@H](CCCNC1NC(=O)CS1)C(=O)O. The standard InChI is InChI=1S/C8H15N3O3S/c9-5(7(13)14)2-1-3-10-8-11-6(12)4-15-8/h5,8,10H,1-4,9H2,(H,11,12)(H,13,14)/t5-,8?/m0/s1. The van der Waals surface area contributed by atoms with Crippen LogP contribution in [0, 0.1) is 0 Å². The summed E-state index contributed by atoms with van der Waals surface area (Å²) in [5.74, 6) is -0.468. The van der Waals surface area contributed by atoms with E-state index < -0.39 is 12.0 Å². The molecule has 0 aromatic rings. The predicted molar refractivity (Wildman–Crippen MR) is 57.2 cm³/mol. The molecule has 0 radical (unpaired) electrons. The van der Waals surface area contributed by atoms with Gasteiger partial charge < -0.3 is 16.2 Å². The third-order valence-corrected chi connectivity index (χ3v) is 3.06. The Labute approximate surface area is 92.0 Å². The highest BCUT2D eigenvalue weighted by molar-refractivity contribution is 8.00. The van der Waals surface area contributed by atoms with E-state index in [0.717, 1.165) is 0 Å². The number of rotatable bonds is 6. The summed E-state index contributed by atoms with van der Waals surface area (Å²) in [4.78, 5) is 21.2. The van der Waals surface area contributed by atoms with E-state index in [1.807, 2.05) is 0 Å². The van der Waals surface area contributed by atoms with Crippen LogP contribution in [0.1, 0.15) is 12.8 Å². The van der Waals surface area contributed by atoms with E-state index in [0.29, 0.717) is 25.1 Å². The number of carboxylic acid groups (broad SMARTS) is 1. The molecular weight excluding hydrogens is 218 g/mol. The molecule has 1 aliphatic heterocycles. The molecule has 1 heterocycles. The molecule has 0 aliphatic carbocycles. The van der Waals surface area contributed by atoms with E-state index in [2.05, 4.69) is 10.6 Å². The molecule has 0 aromatic carbocycles. The number of hydrogen-bond donors (Lipinski definition) is 4. The maximum absolute atomic E-state index is 10.8. The van der Waals surface area contributed by atoms with Crippen LogP contribution in [0.5, 0.6) is 0 Å². The van der Waals surface area contributed by atoms with Gasteiger partial charge in [0.05, 0.1) is 5.75 Å². The van der Waals surface area contributed by atoms with Crippen LogP contribution in [0.3, 0.4) is 0 Å². The summed E-state index contributed by atoms with van der Waals surface area (Å²) in [6.45, 7) is 0.652. The van der Waals surface area contributed by atoms with E-state index in [1.165, 1.54) is 11.8 Å². The van der Waals surface area contributed by atoms with Crippen LogP contribution >= 0.6 is 11.8 Å². The Balaban J connectivity index is 2.02. The van der Waals surface area contributed by atoms with E-state index >= 15 is 0 Å². The Hall–Kier alpha value is -0.790. The molecule has 1 rings (SSSR count). The number of aliphatic carboxylic acids is 1. The molecule has 15 heavy (non-hydrogen) atoms. The summed E-state index contributed by atoms with van der Waals surface area (Å²) in [7, 11) is 0. The summed E-state index contributed by atoms with van der Waals surface area (Å²) in [6.07, 6.45) is 1.12. The zero-order valence-electron chi connectivity index (χ0n) is 8.23. The number of nitrogens with two attached hydrogens (primary N) is 1. The molecular formula is C8H15N3O3S. The minimum Gasteiger partial charge on any atom is -0.480 e. The summed E-state index contributed by atoms with van der Waals surface area (Å²) in [6, 6.07) is -0.794. The third kappa shape index (κ3) is 4.50. The van der Waals surface area contributed by atoms with E-state index in [4.69, 9.17) is 10.8 Å². The van der Waals surface area contributed by atoms with Gasteiger partial charge >= 0.3 is 5.97 Å². The predicted octanol–water partition coefficient (Wildman–Crippen LogP) is -1.09. The lowest BCUT2D eigenvalue weighted by Crippen LogP contribution is -2.38. The third-order valence-electron chi connectivity index (χ3n) is 2.01. The molecule has 1 aliphatic rings. The first-order valence-electron chi connectivity index (χ1n) is 4.72. The Morgan fingerprint density at radius 1 is 1.80 bits per heavy atom. The number of hydrogen-bond acceptors (Lipinski definition) is 5. The van der Waals surface area contributed by atoms with Crippen molar-refractivity contribution in [1.29, 1.82) is 0 Å². The fourth-order valence-electron chi connectivity index (χ4n) is 1.18. The summed E-state index contributed by atoms with van der Waals surface area (Å²) in [5.41, 5.74) is 5.29. The van der Waals surface area contributed by atoms with E-state index in [1.54, 1.807) is 0 Å². The van der Waals surface area contributed by atoms with Crippen molar-refractivity contribution in [2.24, 2.45) is 5.73 Å². The van der Waals surface area contributed by atoms with Gasteiger partial charge in [0.1, 0.15) is 11.5 Å². The lowest BCUT2D eigenvalue weighted by atomic mass is 10.2. The average molecular weight is 233 g/mol. The van der Waals surface area contributed by atoms with Gasteiger partial charge in [-0.25, -0.2) is 0 Å². The van der Waals surface area contributed by atoms with Crippen molar-refractivity contribution in [1.82, 2.24) is 10.6 Å². The highest BCUT2D eigenvalue weighted by Crippen LogP contribution is 2.11. The second-order valence-corrected chi connectivity index (χ2v) is 4.39. The summed E-state index contributed by atoms with van der Waals surface area (Å²) in [5, 5.41) is 14.3. The first-order chi connectivity index (χ1) is 7.09. The molecule has 1 unspecified atom stereocenters. The number of carbonyl (C=O) groups is 2. The molecule has 0 spiro atoms. The Bertz CT molecular complexity index is 249. The molecule has 86 valence electrons. The van der Waals surface area contributed by atoms with Crippen LogP contribution in [0.4, 0.5) is 0 Å². The number of carboxylic acids is 1. The Kier molecular flexibility index (Phi) is 4.86. The highest BCUT2D eigenvalue weighted by atomic mass is 32.2. The first-order valence-corrected chi connectivity index (χ1v) is 5.77. The topological polar surface area (TPSA) is 104 Å². The summed E-state index contributed by atoms with van der Waals surface area (Å²) < 4.78 is 0. The molecule has 5 N–H and O–H groups in total. The van der Waals surface area contributed by atoms with Gasteiger partial charge in [0.2, 0.25) is 5.91 Å². The van der Waals surface area contributed by atoms with Gasteiger partial charge in [-0.05, 0) is 19.4 Å². The first kappa shape index (κ1) is 12.3. The van der Waals surface area contributed by atoms with E-state index in [9.17, 15) is 9.59 Å². The number of carbonyl (C=O) groups excluding carboxylic acids is 1. The molecule has 6 nitrogen and oxygen atoms in total. The lowest BCUT2D eigenvalue weighted by molar-refractivity contribution is -0.138. The smallest absolute Gasteiger partial charge is 0.320 e. The van der Waals surface area contributed by atoms with Gasteiger partial charge in [0.15, 0.2) is 0 Å². The van der Waals surface area contributed by atoms with Crippen LogP contribution in [-0.2, 0) is 9.59 Å². The summed E-state index contributed by atoms with van der Waals surface area (Å²) >= 11 is 1.50. The fraction of sp³-hybridized carbons (Fsp3) is 0.750. The van der Waals surface area contributed by atoms with E-state index in [-0.39, 0.29) is 11.4 Å². The Morgan fingerprint density at radius 2 is 2.53 bits per heavy atom. The zero-order valence-corrected chi connectivity index (χ0v) is 9.05. The maximum Gasteiger partial charge on any atom is 0.320 e. The minimum atomic E-state index is -0.974. The number of thioether (sulfide) groups is 1. The molecule has 0 bridgehead atoms. The van der Waals surface area contributed by atoms with Gasteiger partial charge in [-0.1, -0.05) is 0 Å². The van der Waals surface area contributed by atoms with Crippen molar-refractivity contribution >= 4 is 23.6 Å². The van der Waals surface area contributed by atoms with Crippen LogP contribution in [0.15, 0.2) is 0 Å². The zero-order chi connectivity index (χ0) is 11.3. The quantitative estimate of drug-likeness (QED) is 0.435. The van der Waals surface area contributed by atoms with Crippen LogP contribution in [0.25, 0.3) is 0 Å². The van der Waals surface area contributed by atoms with Crippen LogP contribution in [0.2, 0.25) is 0 Å². The van der Waals surface area contributed by atoms with Gasteiger partial charge in [-0.15, -0.1) is 11.8 Å². The average Bonchev–Trinajstić information content (AvgIpc) is 2.58. The minimum absolute atomic E-state index is 0.0275. The van der Waals surface area contributed by atoms with Crippen molar-refractivity contribution in [3.63, 3.8) is 0 Å². The molecule has 0 saturated carbocycles. The van der Waals surface area contributed by atoms with Crippen LogP contribution < -0.4 is 16.4 Å². The fourth-order valence-corrected chi connectivity index (χ4v) is 2.03. The van der Waals surface area contributed by atoms with Gasteiger partial charge in [-0.2, -0.15) is 0 Å². The Morgan fingerprint density at radius 3 is 3.07 bits per heavy atom. The van der Waals surface area contributed by atoms with Gasteiger partial charge in [0.25, 0.3) is 0 Å². The van der Waals surface area contributed by atoms with Crippen molar-refractivity contribution < 1.29 is 14.7 Å². The van der Waals surface area contributed by atoms with Gasteiger partial charge in [-0.3, -0.25) is 14.9 Å². The second kappa shape index (κ2) is 5.94. The van der Waals surface area contributed by atoms with Crippen molar-refractivity contribution in [2.75, 3.05) is 12.3 Å². The highest BCUT2D eigenvalue weighted by Gasteiger charge is 2.20. The van der Waals surface area contributed by atoms with Crippen molar-refractivity contribution in [3.05, 3.63) is 0 Å². The largest absolute Gasteiger partial charge is 0.480 e. The lowest BCUT2D eigenvalue weighted by Gasteiger charge is -2.12. The molecule has 0 aromatic heterocycles. The molecule has 2 atom stereocenters.